The van der Waals surface area contributed by atoms with Gasteiger partial charge in [-0.2, -0.15) is 0 Å². The molecule has 1 aliphatic rings. The maximum Gasteiger partial charge on any atom is 0.271 e. The Balaban J connectivity index is 1.08. The third kappa shape index (κ3) is 8.81. The second-order valence-electron chi connectivity index (χ2n) is 13.1. The Labute approximate surface area is 312 Å². The van der Waals surface area contributed by atoms with Crippen LogP contribution in [0.4, 0.5) is 5.69 Å². The quantitative estimate of drug-likeness (QED) is 0.114. The molecule has 268 valence electrons. The van der Waals surface area contributed by atoms with Crippen LogP contribution < -0.4 is 10.6 Å². The summed E-state index contributed by atoms with van der Waals surface area (Å²) in [7, 11) is 0. The van der Waals surface area contributed by atoms with Crippen LogP contribution in [-0.2, 0) is 27.4 Å². The van der Waals surface area contributed by atoms with Gasteiger partial charge >= 0.3 is 0 Å². The minimum absolute atomic E-state index is 0.0212. The van der Waals surface area contributed by atoms with Crippen LogP contribution in [0, 0.1) is 5.92 Å². The van der Waals surface area contributed by atoms with Crippen molar-refractivity contribution in [3.8, 4) is 11.1 Å². The summed E-state index contributed by atoms with van der Waals surface area (Å²) in [5, 5.41) is 15.4. The van der Waals surface area contributed by atoms with Gasteiger partial charge in [0.25, 0.3) is 5.91 Å². The topological polar surface area (TPSA) is 123 Å². The number of nitrogens with one attached hydrogen (secondary N) is 2. The summed E-state index contributed by atoms with van der Waals surface area (Å²) in [5.41, 5.74) is 8.16. The molecule has 0 aliphatic carbocycles. The van der Waals surface area contributed by atoms with Crippen LogP contribution in [0.1, 0.15) is 59.0 Å². The van der Waals surface area contributed by atoms with E-state index < -0.39 is 6.29 Å². The standard InChI is InChI=1S/C43H40N4O5S/c1-27-40(26-53-36-19-17-35(18-20-36)46-28(2)49)51-43(52-41(27)31-15-13-29(25-48)14-16-31)34-10-6-9-33(22-34)32-8-5-7-30(21-32)23-45-42(50)39-24-44-37-11-3-4-12-38(37)47-39/h3-22,24,27,40-41,43,48H,23,25-26H2,1-2H3,(H,45,50)(H,46,49). The number of aliphatic hydroxyl groups excluding tert-OH is 1. The molecule has 9 nitrogen and oxygen atoms in total. The lowest BCUT2D eigenvalue weighted by Crippen LogP contribution is -2.38. The number of hydrogen-bond acceptors (Lipinski definition) is 8. The molecule has 2 amide bonds. The number of fused-ring (bicyclic) bond motifs is 1. The number of rotatable bonds is 11. The van der Waals surface area contributed by atoms with Gasteiger partial charge in [-0.1, -0.05) is 79.7 Å². The van der Waals surface area contributed by atoms with Crippen LogP contribution in [0.25, 0.3) is 22.2 Å². The Hall–Kier alpha value is -5.39. The molecular formula is C43H40N4O5S. The number of anilines is 1. The first-order chi connectivity index (χ1) is 25.8. The van der Waals surface area contributed by atoms with E-state index in [1.165, 1.54) is 13.1 Å². The molecule has 1 fully saturated rings. The van der Waals surface area contributed by atoms with E-state index in [1.54, 1.807) is 11.8 Å². The van der Waals surface area contributed by atoms with Crippen LogP contribution in [0.3, 0.4) is 0 Å². The van der Waals surface area contributed by atoms with Crippen molar-refractivity contribution < 1.29 is 24.2 Å². The number of carbonyl (C=O) groups is 2. The van der Waals surface area contributed by atoms with E-state index >= 15 is 0 Å². The number of thioether (sulfide) groups is 1. The summed E-state index contributed by atoms with van der Waals surface area (Å²) in [6, 6.07) is 39.5. The Kier molecular flexibility index (Phi) is 11.2. The smallest absolute Gasteiger partial charge is 0.271 e. The van der Waals surface area contributed by atoms with Gasteiger partial charge in [-0.15, -0.1) is 11.8 Å². The van der Waals surface area contributed by atoms with Crippen LogP contribution in [-0.4, -0.2) is 38.7 Å². The molecule has 1 aliphatic heterocycles. The zero-order valence-corrected chi connectivity index (χ0v) is 30.3. The van der Waals surface area contributed by atoms with Gasteiger partial charge in [-0.3, -0.25) is 14.6 Å². The number of amides is 2. The van der Waals surface area contributed by atoms with E-state index in [2.05, 4.69) is 45.7 Å². The predicted octanol–water partition coefficient (Wildman–Crippen LogP) is 8.26. The summed E-state index contributed by atoms with van der Waals surface area (Å²) in [6.07, 6.45) is 0.503. The number of benzene rings is 5. The molecule has 2 heterocycles. The Morgan fingerprint density at radius 3 is 2.28 bits per heavy atom. The molecular weight excluding hydrogens is 685 g/mol. The Bertz CT molecular complexity index is 2210. The van der Waals surface area contributed by atoms with Crippen molar-refractivity contribution in [1.29, 1.82) is 0 Å². The molecule has 6 aromatic rings. The van der Waals surface area contributed by atoms with E-state index in [0.29, 0.717) is 17.8 Å². The first kappa shape index (κ1) is 36.0. The number of hydrogen-bond donors (Lipinski definition) is 3. The fourth-order valence-electron chi connectivity index (χ4n) is 6.39. The van der Waals surface area contributed by atoms with E-state index in [0.717, 1.165) is 49.5 Å². The van der Waals surface area contributed by atoms with Gasteiger partial charge in [-0.25, -0.2) is 4.98 Å². The average molecular weight is 725 g/mol. The molecule has 7 rings (SSSR count). The maximum absolute atomic E-state index is 13.0. The molecule has 1 saturated heterocycles. The number of ether oxygens (including phenoxy) is 2. The van der Waals surface area contributed by atoms with Crippen LogP contribution in [0.15, 0.2) is 132 Å². The fourth-order valence-corrected chi connectivity index (χ4v) is 7.46. The summed E-state index contributed by atoms with van der Waals surface area (Å²) >= 11 is 1.70. The number of carbonyl (C=O) groups excluding carboxylic acids is 2. The summed E-state index contributed by atoms with van der Waals surface area (Å²) < 4.78 is 13.5. The van der Waals surface area contributed by atoms with Crippen molar-refractivity contribution >= 4 is 40.3 Å². The van der Waals surface area contributed by atoms with Gasteiger partial charge in [0.15, 0.2) is 6.29 Å². The number of nitrogens with zero attached hydrogens (tertiary/aromatic N) is 2. The highest BCUT2D eigenvalue weighted by atomic mass is 32.2. The Morgan fingerprint density at radius 2 is 1.53 bits per heavy atom. The summed E-state index contributed by atoms with van der Waals surface area (Å²) in [5.74, 6) is 0.344. The van der Waals surface area contributed by atoms with Crippen molar-refractivity contribution in [2.45, 2.75) is 50.4 Å². The van der Waals surface area contributed by atoms with E-state index in [-0.39, 0.29) is 42.2 Å². The zero-order chi connectivity index (χ0) is 36.7. The van der Waals surface area contributed by atoms with E-state index in [9.17, 15) is 14.7 Å². The van der Waals surface area contributed by atoms with Gasteiger partial charge in [0, 0.05) is 41.3 Å². The molecule has 10 heteroatoms. The molecule has 3 N–H and O–H groups in total. The van der Waals surface area contributed by atoms with Gasteiger partial charge < -0.3 is 25.2 Å². The minimum Gasteiger partial charge on any atom is -0.392 e. The minimum atomic E-state index is -0.619. The third-order valence-corrected chi connectivity index (χ3v) is 10.4. The molecule has 5 aromatic carbocycles. The highest BCUT2D eigenvalue weighted by molar-refractivity contribution is 7.99. The molecule has 4 unspecified atom stereocenters. The van der Waals surface area contributed by atoms with Crippen LogP contribution in [0.2, 0.25) is 0 Å². The van der Waals surface area contributed by atoms with Gasteiger partial charge in [-0.05, 0) is 76.3 Å². The lowest BCUT2D eigenvalue weighted by molar-refractivity contribution is -0.268. The lowest BCUT2D eigenvalue weighted by atomic mass is 9.91. The largest absolute Gasteiger partial charge is 0.392 e. The normalized spacial score (nSPS) is 18.4. The molecule has 0 spiro atoms. The van der Waals surface area contributed by atoms with Crippen molar-refractivity contribution in [3.05, 3.63) is 155 Å². The fraction of sp³-hybridized carbons (Fsp3) is 0.209. The number of para-hydroxylation sites is 2. The van der Waals surface area contributed by atoms with Gasteiger partial charge in [0.05, 0.1) is 36.0 Å². The van der Waals surface area contributed by atoms with Crippen LogP contribution in [0.5, 0.6) is 0 Å². The van der Waals surface area contributed by atoms with Gasteiger partial charge in [0.1, 0.15) is 5.69 Å². The third-order valence-electron chi connectivity index (χ3n) is 9.27. The highest BCUT2D eigenvalue weighted by Crippen LogP contribution is 2.43. The summed E-state index contributed by atoms with van der Waals surface area (Å²) in [4.78, 5) is 34.3. The molecule has 1 aromatic heterocycles. The van der Waals surface area contributed by atoms with Gasteiger partial charge in [0.2, 0.25) is 5.91 Å². The van der Waals surface area contributed by atoms with Crippen molar-refractivity contribution in [2.24, 2.45) is 5.92 Å². The zero-order valence-electron chi connectivity index (χ0n) is 29.4. The molecule has 53 heavy (non-hydrogen) atoms. The molecule has 0 bridgehead atoms. The molecule has 0 radical (unpaired) electrons. The highest BCUT2D eigenvalue weighted by Gasteiger charge is 2.38. The summed E-state index contributed by atoms with van der Waals surface area (Å²) in [6.45, 7) is 3.96. The van der Waals surface area contributed by atoms with Crippen molar-refractivity contribution in [2.75, 3.05) is 11.1 Å². The average Bonchev–Trinajstić information content (AvgIpc) is 3.20. The first-order valence-electron chi connectivity index (χ1n) is 17.5. The van der Waals surface area contributed by atoms with E-state index in [4.69, 9.17) is 9.47 Å². The second kappa shape index (κ2) is 16.5. The molecule has 0 saturated carbocycles. The Morgan fingerprint density at radius 1 is 0.792 bits per heavy atom. The van der Waals surface area contributed by atoms with E-state index in [1.807, 2.05) is 103 Å². The molecule has 4 atom stereocenters. The van der Waals surface area contributed by atoms with Crippen molar-refractivity contribution in [1.82, 2.24) is 15.3 Å². The SMILES string of the molecule is CC(=O)Nc1ccc(SCC2OC(c3cccc(-c4cccc(CNC(=O)c5cnc6ccccc6n5)c4)c3)OC(c3ccc(CO)cc3)C2C)cc1. The lowest BCUT2D eigenvalue weighted by Gasteiger charge is -2.41. The number of aromatic nitrogens is 2. The maximum atomic E-state index is 13.0. The number of aliphatic hydroxyl groups is 1. The first-order valence-corrected chi connectivity index (χ1v) is 18.5. The van der Waals surface area contributed by atoms with Crippen LogP contribution >= 0.6 is 11.8 Å². The predicted molar refractivity (Wildman–Crippen MR) is 207 cm³/mol. The van der Waals surface area contributed by atoms with Crippen molar-refractivity contribution in [3.63, 3.8) is 0 Å². The monoisotopic (exact) mass is 724 g/mol. The second-order valence-corrected chi connectivity index (χ2v) is 14.2.